The molecule has 11 heteroatoms. The van der Waals surface area contributed by atoms with E-state index in [1.165, 1.54) is 38.5 Å². The van der Waals surface area contributed by atoms with Crippen LogP contribution in [0.2, 0.25) is 0 Å². The Balaban J connectivity index is 2.30. The Bertz CT molecular complexity index is 1220. The fourth-order valence-electron chi connectivity index (χ4n) is 3.02. The summed E-state index contributed by atoms with van der Waals surface area (Å²) in [6, 6.07) is 17.3. The molecule has 3 aromatic carbocycles. The van der Waals surface area contributed by atoms with Gasteiger partial charge in [-0.2, -0.15) is 0 Å². The van der Waals surface area contributed by atoms with Crippen molar-refractivity contribution in [3.05, 3.63) is 66.7 Å². The molecular weight excluding hydrogens is 463 g/mol. The maximum atomic E-state index is 11.8. The van der Waals surface area contributed by atoms with Crippen LogP contribution in [0.25, 0.3) is 0 Å². The first-order valence-electron chi connectivity index (χ1n) is 8.69. The van der Waals surface area contributed by atoms with Gasteiger partial charge in [0.1, 0.15) is 31.7 Å². The highest BCUT2D eigenvalue weighted by atomic mass is 32.2. The lowest BCUT2D eigenvalue weighted by atomic mass is 10.3. The molecule has 0 N–H and O–H groups in total. The van der Waals surface area contributed by atoms with E-state index in [1.807, 2.05) is 0 Å². The van der Waals surface area contributed by atoms with Gasteiger partial charge in [0.2, 0.25) is 0 Å². The lowest BCUT2D eigenvalue weighted by Gasteiger charge is -2.23. The molecule has 0 radical (unpaired) electrons. The van der Waals surface area contributed by atoms with E-state index in [0.717, 1.165) is 5.30 Å². The van der Waals surface area contributed by atoms with Gasteiger partial charge in [0.05, 0.1) is 24.0 Å². The summed E-state index contributed by atoms with van der Waals surface area (Å²) in [5.74, 6) is -0.196. The van der Waals surface area contributed by atoms with Crippen LogP contribution >= 0.6 is 7.92 Å². The lowest BCUT2D eigenvalue weighted by Crippen LogP contribution is -2.22. The third-order valence-electron chi connectivity index (χ3n) is 4.36. The number of benzene rings is 3. The third-order valence-corrected chi connectivity index (χ3v) is 8.48. The molecule has 31 heavy (non-hydrogen) atoms. The number of hydrogen-bond acceptors (Lipinski definition) is 8. The first-order chi connectivity index (χ1) is 14.6. The number of methoxy groups -OCH3 is 2. The molecule has 0 aromatic heterocycles. The van der Waals surface area contributed by atoms with E-state index >= 15 is 0 Å². The lowest BCUT2D eigenvalue weighted by molar-refractivity contribution is 0.395. The van der Waals surface area contributed by atoms with Gasteiger partial charge in [-0.25, -0.2) is 16.8 Å². The number of ether oxygens (including phenoxy) is 2. The topological polar surface area (TPSA) is 133 Å². The average molecular weight is 480 g/mol. The molecule has 0 aliphatic rings. The summed E-state index contributed by atoms with van der Waals surface area (Å²) in [5, 5.41) is 1.66. The van der Waals surface area contributed by atoms with Gasteiger partial charge in [0, 0.05) is 0 Å². The maximum Gasteiger partial charge on any atom is 0.136 e. The summed E-state index contributed by atoms with van der Waals surface area (Å²) < 4.78 is 80.6. The molecule has 0 saturated heterocycles. The minimum absolute atomic E-state index is 0.0979. The van der Waals surface area contributed by atoms with Gasteiger partial charge in [-0.15, -0.1) is 0 Å². The molecule has 0 heterocycles. The molecule has 0 amide bonds. The van der Waals surface area contributed by atoms with Crippen molar-refractivity contribution in [3.63, 3.8) is 0 Å². The van der Waals surface area contributed by atoms with Gasteiger partial charge in [0.25, 0.3) is 0 Å². The zero-order chi connectivity index (χ0) is 22.8. The van der Waals surface area contributed by atoms with E-state index in [4.69, 9.17) is 9.47 Å². The van der Waals surface area contributed by atoms with E-state index in [0.29, 0.717) is 10.6 Å². The molecule has 0 fully saturated rings. The van der Waals surface area contributed by atoms with Crippen molar-refractivity contribution < 1.29 is 35.4 Å². The van der Waals surface area contributed by atoms with E-state index < -0.39 is 37.9 Å². The molecule has 0 saturated carbocycles. The van der Waals surface area contributed by atoms with Gasteiger partial charge >= 0.3 is 0 Å². The van der Waals surface area contributed by atoms with Crippen LogP contribution in [0.4, 0.5) is 0 Å². The highest BCUT2D eigenvalue weighted by molar-refractivity contribution is 7.86. The molecule has 164 valence electrons. The summed E-state index contributed by atoms with van der Waals surface area (Å²) in [5.41, 5.74) is 0. The van der Waals surface area contributed by atoms with Crippen LogP contribution < -0.4 is 25.4 Å². The Morgan fingerprint density at radius 2 is 1.06 bits per heavy atom. The predicted octanol–water partition coefficient (Wildman–Crippen LogP) is 1.27. The Morgan fingerprint density at radius 1 is 0.645 bits per heavy atom. The van der Waals surface area contributed by atoms with E-state index in [-0.39, 0.29) is 11.5 Å². The second-order valence-corrected chi connectivity index (χ2v) is 11.2. The van der Waals surface area contributed by atoms with E-state index in [2.05, 4.69) is 0 Å². The second-order valence-electron chi connectivity index (χ2n) is 6.25. The van der Waals surface area contributed by atoms with Crippen molar-refractivity contribution >= 4 is 44.1 Å². The minimum atomic E-state index is -4.84. The summed E-state index contributed by atoms with van der Waals surface area (Å²) >= 11 is 0. The van der Waals surface area contributed by atoms with Crippen LogP contribution in [0.1, 0.15) is 0 Å². The SMILES string of the molecule is COc1ccc(P(c2ccccc2)c2ccc(OC)c(S(=O)(=O)[O-])c2)cc1S(=O)(=O)[O-]. The van der Waals surface area contributed by atoms with Crippen LogP contribution in [-0.2, 0) is 20.2 Å². The maximum absolute atomic E-state index is 11.8. The fraction of sp³-hybridized carbons (Fsp3) is 0.100. The van der Waals surface area contributed by atoms with Crippen molar-refractivity contribution in [3.8, 4) is 11.5 Å². The molecule has 3 aromatic rings. The Kier molecular flexibility index (Phi) is 6.68. The largest absolute Gasteiger partial charge is 0.744 e. The summed E-state index contributed by atoms with van der Waals surface area (Å²) in [7, 11) is -8.71. The van der Waals surface area contributed by atoms with Crippen LogP contribution in [0.5, 0.6) is 11.5 Å². The highest BCUT2D eigenvalue weighted by Crippen LogP contribution is 2.37. The van der Waals surface area contributed by atoms with Gasteiger partial charge in [-0.05, 0) is 48.1 Å². The zero-order valence-electron chi connectivity index (χ0n) is 16.4. The van der Waals surface area contributed by atoms with Crippen molar-refractivity contribution in [1.29, 1.82) is 0 Å². The smallest absolute Gasteiger partial charge is 0.136 e. The first kappa shape index (κ1) is 23.2. The van der Waals surface area contributed by atoms with Gasteiger partial charge < -0.3 is 18.6 Å². The number of rotatable bonds is 7. The minimum Gasteiger partial charge on any atom is -0.744 e. The quantitative estimate of drug-likeness (QED) is 0.365. The van der Waals surface area contributed by atoms with Gasteiger partial charge in [-0.1, -0.05) is 42.5 Å². The predicted molar refractivity (Wildman–Crippen MR) is 114 cm³/mol. The van der Waals surface area contributed by atoms with Gasteiger partial charge in [-0.3, -0.25) is 0 Å². The van der Waals surface area contributed by atoms with Crippen molar-refractivity contribution in [2.75, 3.05) is 14.2 Å². The Morgan fingerprint density at radius 3 is 1.42 bits per heavy atom. The molecule has 0 atom stereocenters. The van der Waals surface area contributed by atoms with Crippen molar-refractivity contribution in [2.24, 2.45) is 0 Å². The standard InChI is InChI=1S/C20H19O8PS2/c1-27-17-10-8-15(12-19(17)30(21,22)23)29(14-6-4-3-5-7-14)16-9-11-18(28-2)20(13-16)31(24,25)26/h3-13H,1-2H3,(H,21,22,23)(H,24,25,26)/p-2. The van der Waals surface area contributed by atoms with Crippen LogP contribution in [0, 0.1) is 0 Å². The average Bonchev–Trinajstić information content (AvgIpc) is 2.73. The molecule has 3 rings (SSSR count). The molecule has 0 bridgehead atoms. The molecule has 0 unspecified atom stereocenters. The fourth-order valence-corrected chi connectivity index (χ4v) is 6.87. The van der Waals surface area contributed by atoms with E-state index in [9.17, 15) is 25.9 Å². The molecule has 0 aliphatic heterocycles. The molecule has 8 nitrogen and oxygen atoms in total. The van der Waals surface area contributed by atoms with E-state index in [1.54, 1.807) is 42.5 Å². The highest BCUT2D eigenvalue weighted by Gasteiger charge is 2.22. The van der Waals surface area contributed by atoms with Crippen LogP contribution in [0.15, 0.2) is 76.5 Å². The van der Waals surface area contributed by atoms with Crippen LogP contribution in [-0.4, -0.2) is 40.2 Å². The second kappa shape index (κ2) is 8.94. The summed E-state index contributed by atoms with van der Waals surface area (Å²) in [4.78, 5) is -1.05. The molecular formula is C20H17O8PS2-2. The molecule has 0 spiro atoms. The summed E-state index contributed by atoms with van der Waals surface area (Å²) in [6.45, 7) is 0. The van der Waals surface area contributed by atoms with Crippen molar-refractivity contribution in [2.45, 2.75) is 9.79 Å². The summed E-state index contributed by atoms with van der Waals surface area (Å²) in [6.07, 6.45) is 0. The monoisotopic (exact) mass is 480 g/mol. The number of hydrogen-bond donors (Lipinski definition) is 0. The molecule has 0 aliphatic carbocycles. The zero-order valence-corrected chi connectivity index (χ0v) is 18.9. The Labute approximate surface area is 181 Å². The first-order valence-corrected chi connectivity index (χ1v) is 12.8. The normalized spacial score (nSPS) is 12.0. The Hall–Kier alpha value is -2.49. The van der Waals surface area contributed by atoms with Crippen LogP contribution in [0.3, 0.4) is 0 Å². The van der Waals surface area contributed by atoms with Gasteiger partial charge in [0.15, 0.2) is 0 Å². The van der Waals surface area contributed by atoms with Crippen molar-refractivity contribution in [1.82, 2.24) is 0 Å². The third kappa shape index (κ3) is 5.06.